The number of ketones is 1. The van der Waals surface area contributed by atoms with Crippen LogP contribution < -0.4 is 0 Å². The summed E-state index contributed by atoms with van der Waals surface area (Å²) in [5.74, 6) is -1.58. The van der Waals surface area contributed by atoms with E-state index in [9.17, 15) is 13.6 Å². The molecule has 86 valence electrons. The maximum Gasteiger partial charge on any atom is 0.166 e. The van der Waals surface area contributed by atoms with Crippen molar-refractivity contribution in [1.82, 2.24) is 0 Å². The lowest BCUT2D eigenvalue weighted by atomic mass is 9.89. The molecule has 16 heavy (non-hydrogen) atoms. The van der Waals surface area contributed by atoms with Crippen LogP contribution in [0.5, 0.6) is 0 Å². The molecule has 1 aliphatic carbocycles. The molecule has 0 bridgehead atoms. The van der Waals surface area contributed by atoms with Crippen molar-refractivity contribution in [2.24, 2.45) is 11.8 Å². The Labute approximate surface area is 93.5 Å². The average Bonchev–Trinajstić information content (AvgIpc) is 2.67. The highest BCUT2D eigenvalue weighted by molar-refractivity contribution is 5.98. The molecule has 1 aromatic rings. The van der Waals surface area contributed by atoms with Crippen molar-refractivity contribution in [1.29, 1.82) is 0 Å². The third-order valence-corrected chi connectivity index (χ3v) is 3.40. The molecule has 3 heteroatoms. The van der Waals surface area contributed by atoms with Gasteiger partial charge in [0.2, 0.25) is 0 Å². The second kappa shape index (κ2) is 4.32. The number of carbonyl (C=O) groups excluding carboxylic acids is 1. The van der Waals surface area contributed by atoms with Crippen LogP contribution in [0.4, 0.5) is 8.78 Å². The molecular weight excluding hydrogens is 210 g/mol. The van der Waals surface area contributed by atoms with Gasteiger partial charge in [0.1, 0.15) is 0 Å². The summed E-state index contributed by atoms with van der Waals surface area (Å²) in [5, 5.41) is 0. The van der Waals surface area contributed by atoms with E-state index in [0.29, 0.717) is 5.92 Å². The van der Waals surface area contributed by atoms with Gasteiger partial charge >= 0.3 is 0 Å². The van der Waals surface area contributed by atoms with E-state index in [4.69, 9.17) is 0 Å². The number of Topliss-reactive ketones (excluding diaryl/α,β-unsaturated/α-hetero) is 1. The van der Waals surface area contributed by atoms with E-state index in [-0.39, 0.29) is 17.3 Å². The van der Waals surface area contributed by atoms with Gasteiger partial charge in [-0.1, -0.05) is 13.3 Å². The summed E-state index contributed by atoms with van der Waals surface area (Å²) in [6, 6.07) is 3.39. The summed E-state index contributed by atoms with van der Waals surface area (Å²) in [7, 11) is 0. The predicted octanol–water partition coefficient (Wildman–Crippen LogP) is 3.58. The SMILES string of the molecule is CC1CCCC1C(=O)c1ccc(F)c(F)c1. The predicted molar refractivity (Wildman–Crippen MR) is 57.2 cm³/mol. The van der Waals surface area contributed by atoms with Crippen molar-refractivity contribution in [3.63, 3.8) is 0 Å². The lowest BCUT2D eigenvalue weighted by Crippen LogP contribution is -2.17. The third-order valence-electron chi connectivity index (χ3n) is 3.40. The number of hydrogen-bond acceptors (Lipinski definition) is 1. The molecule has 1 aliphatic rings. The van der Waals surface area contributed by atoms with Crippen LogP contribution in [-0.2, 0) is 0 Å². The van der Waals surface area contributed by atoms with Crippen LogP contribution in [0.3, 0.4) is 0 Å². The van der Waals surface area contributed by atoms with E-state index in [1.54, 1.807) is 0 Å². The van der Waals surface area contributed by atoms with Gasteiger partial charge in [-0.25, -0.2) is 8.78 Å². The third kappa shape index (κ3) is 1.99. The molecule has 0 aliphatic heterocycles. The number of halogens is 2. The Morgan fingerprint density at radius 2 is 2.00 bits per heavy atom. The number of hydrogen-bond donors (Lipinski definition) is 0. The fraction of sp³-hybridized carbons (Fsp3) is 0.462. The van der Waals surface area contributed by atoms with Crippen LogP contribution in [0.25, 0.3) is 0 Å². The van der Waals surface area contributed by atoms with Gasteiger partial charge in [-0.15, -0.1) is 0 Å². The first kappa shape index (κ1) is 11.2. The van der Waals surface area contributed by atoms with Gasteiger partial charge in [-0.3, -0.25) is 4.79 Å². The van der Waals surface area contributed by atoms with E-state index in [0.717, 1.165) is 31.4 Å². The molecule has 1 nitrogen and oxygen atoms in total. The molecule has 2 unspecified atom stereocenters. The molecule has 1 saturated carbocycles. The van der Waals surface area contributed by atoms with E-state index in [1.165, 1.54) is 6.07 Å². The van der Waals surface area contributed by atoms with Gasteiger partial charge in [0.15, 0.2) is 17.4 Å². The number of rotatable bonds is 2. The molecule has 1 fully saturated rings. The molecule has 0 spiro atoms. The molecule has 2 atom stereocenters. The Kier molecular flexibility index (Phi) is 3.03. The molecule has 0 amide bonds. The van der Waals surface area contributed by atoms with Crippen molar-refractivity contribution in [3.8, 4) is 0 Å². The number of carbonyl (C=O) groups is 1. The van der Waals surface area contributed by atoms with Gasteiger partial charge in [0.05, 0.1) is 0 Å². The highest BCUT2D eigenvalue weighted by atomic mass is 19.2. The maximum atomic E-state index is 13.0. The Balaban J connectivity index is 2.23. The van der Waals surface area contributed by atoms with Gasteiger partial charge in [-0.2, -0.15) is 0 Å². The van der Waals surface area contributed by atoms with Crippen LogP contribution in [0.1, 0.15) is 36.5 Å². The summed E-state index contributed by atoms with van der Waals surface area (Å²) in [5.41, 5.74) is 0.289. The standard InChI is InChI=1S/C13H14F2O/c1-8-3-2-4-10(8)13(16)9-5-6-11(14)12(15)7-9/h5-8,10H,2-4H2,1H3. The normalized spacial score (nSPS) is 24.7. The highest BCUT2D eigenvalue weighted by Crippen LogP contribution is 2.33. The number of benzene rings is 1. The molecule has 0 heterocycles. The quantitative estimate of drug-likeness (QED) is 0.702. The lowest BCUT2D eigenvalue weighted by Gasteiger charge is -2.13. The van der Waals surface area contributed by atoms with Crippen LogP contribution >= 0.6 is 0 Å². The molecule has 0 radical (unpaired) electrons. The highest BCUT2D eigenvalue weighted by Gasteiger charge is 2.30. The van der Waals surface area contributed by atoms with E-state index < -0.39 is 11.6 Å². The molecule has 2 rings (SSSR count). The zero-order chi connectivity index (χ0) is 11.7. The van der Waals surface area contributed by atoms with Crippen molar-refractivity contribution < 1.29 is 13.6 Å². The summed E-state index contributed by atoms with van der Waals surface area (Å²) in [4.78, 5) is 12.0. The van der Waals surface area contributed by atoms with Gasteiger partial charge in [-0.05, 0) is 37.0 Å². The summed E-state index contributed by atoms with van der Waals surface area (Å²) >= 11 is 0. The van der Waals surface area contributed by atoms with Gasteiger partial charge < -0.3 is 0 Å². The minimum Gasteiger partial charge on any atom is -0.294 e. The summed E-state index contributed by atoms with van der Waals surface area (Å²) in [6.45, 7) is 2.04. The van der Waals surface area contributed by atoms with E-state index >= 15 is 0 Å². The fourth-order valence-corrected chi connectivity index (χ4v) is 2.40. The molecule has 0 aromatic heterocycles. The lowest BCUT2D eigenvalue weighted by molar-refractivity contribution is 0.0896. The minimum atomic E-state index is -0.948. The van der Waals surface area contributed by atoms with Gasteiger partial charge in [0.25, 0.3) is 0 Å². The first-order valence-electron chi connectivity index (χ1n) is 5.59. The Bertz CT molecular complexity index is 414. The monoisotopic (exact) mass is 224 g/mol. The van der Waals surface area contributed by atoms with Crippen LogP contribution in [-0.4, -0.2) is 5.78 Å². The van der Waals surface area contributed by atoms with Crippen molar-refractivity contribution in [3.05, 3.63) is 35.4 Å². The van der Waals surface area contributed by atoms with Crippen LogP contribution in [0.15, 0.2) is 18.2 Å². The summed E-state index contributed by atoms with van der Waals surface area (Å²) < 4.78 is 25.7. The van der Waals surface area contributed by atoms with Crippen LogP contribution in [0.2, 0.25) is 0 Å². The molecule has 0 saturated heterocycles. The topological polar surface area (TPSA) is 17.1 Å². The average molecular weight is 224 g/mol. The first-order chi connectivity index (χ1) is 7.59. The second-order valence-corrected chi connectivity index (χ2v) is 4.51. The maximum absolute atomic E-state index is 13.0. The van der Waals surface area contributed by atoms with Crippen molar-refractivity contribution >= 4 is 5.78 Å². The minimum absolute atomic E-state index is 0.0233. The molecule has 1 aromatic carbocycles. The van der Waals surface area contributed by atoms with E-state index in [2.05, 4.69) is 0 Å². The first-order valence-corrected chi connectivity index (χ1v) is 5.59. The zero-order valence-electron chi connectivity index (χ0n) is 9.17. The second-order valence-electron chi connectivity index (χ2n) is 4.51. The largest absolute Gasteiger partial charge is 0.294 e. The Morgan fingerprint density at radius 1 is 1.25 bits per heavy atom. The van der Waals surface area contributed by atoms with Crippen molar-refractivity contribution in [2.45, 2.75) is 26.2 Å². The Hall–Kier alpha value is -1.25. The fourth-order valence-electron chi connectivity index (χ4n) is 2.40. The van der Waals surface area contributed by atoms with Gasteiger partial charge in [0, 0.05) is 11.5 Å². The zero-order valence-corrected chi connectivity index (χ0v) is 9.17. The molecular formula is C13H14F2O. The Morgan fingerprint density at radius 3 is 2.56 bits per heavy atom. The van der Waals surface area contributed by atoms with Crippen LogP contribution in [0, 0.1) is 23.5 Å². The van der Waals surface area contributed by atoms with E-state index in [1.807, 2.05) is 6.92 Å². The molecule has 0 N–H and O–H groups in total. The smallest absolute Gasteiger partial charge is 0.166 e. The van der Waals surface area contributed by atoms with Crippen molar-refractivity contribution in [2.75, 3.05) is 0 Å². The summed E-state index contributed by atoms with van der Waals surface area (Å²) in [6.07, 6.45) is 2.94.